The van der Waals surface area contributed by atoms with E-state index in [1.54, 1.807) is 0 Å². The summed E-state index contributed by atoms with van der Waals surface area (Å²) in [6, 6.07) is 6.15. The van der Waals surface area contributed by atoms with Crippen LogP contribution < -0.4 is 0 Å². The number of carbonyl (C=O) groups excluding carboxylic acids is 1. The van der Waals surface area contributed by atoms with Crippen molar-refractivity contribution in [2.75, 3.05) is 20.2 Å². The predicted octanol–water partition coefficient (Wildman–Crippen LogP) is 4.67. The number of nitrogens with zero attached hydrogens (tertiary/aromatic N) is 1. The minimum atomic E-state index is -0.289. The van der Waals surface area contributed by atoms with Crippen LogP contribution in [0.3, 0.4) is 0 Å². The zero-order valence-corrected chi connectivity index (χ0v) is 15.5. The van der Waals surface area contributed by atoms with Gasteiger partial charge < -0.3 is 4.74 Å². The summed E-state index contributed by atoms with van der Waals surface area (Å²) in [6.45, 7) is 10.5. The van der Waals surface area contributed by atoms with E-state index >= 15 is 0 Å². The Morgan fingerprint density at radius 1 is 1.13 bits per heavy atom. The summed E-state index contributed by atoms with van der Waals surface area (Å²) in [6.07, 6.45) is 5.55. The smallest absolute Gasteiger partial charge is 0.327 e. The molecule has 0 N–H and O–H groups in total. The van der Waals surface area contributed by atoms with Crippen molar-refractivity contribution >= 4 is 5.97 Å². The Morgan fingerprint density at radius 2 is 1.87 bits per heavy atom. The zero-order valence-electron chi connectivity index (χ0n) is 15.5. The first kappa shape index (κ1) is 19.7. The van der Waals surface area contributed by atoms with Crippen molar-refractivity contribution in [1.82, 2.24) is 4.90 Å². The second kappa shape index (κ2) is 10.4. The van der Waals surface area contributed by atoms with Gasteiger partial charge in [0.05, 0.1) is 7.11 Å². The molecule has 23 heavy (non-hydrogen) atoms. The highest BCUT2D eigenvalue weighted by Gasteiger charge is 2.29. The fourth-order valence-electron chi connectivity index (χ4n) is 3.07. The molecular weight excluding hydrogens is 286 g/mol. The Balaban J connectivity index is 3.12. The Hall–Kier alpha value is -1.35. The lowest BCUT2D eigenvalue weighted by Gasteiger charge is -2.31. The van der Waals surface area contributed by atoms with Crippen LogP contribution in [-0.2, 0) is 16.0 Å². The topological polar surface area (TPSA) is 29.5 Å². The van der Waals surface area contributed by atoms with Crippen molar-refractivity contribution < 1.29 is 9.53 Å². The highest BCUT2D eigenvalue weighted by atomic mass is 16.5. The summed E-state index contributed by atoms with van der Waals surface area (Å²) >= 11 is 0. The van der Waals surface area contributed by atoms with Crippen LogP contribution in [0.15, 0.2) is 18.2 Å². The Morgan fingerprint density at radius 3 is 2.39 bits per heavy atom. The molecule has 0 amide bonds. The number of unbranched alkanes of at least 4 members (excludes halogenated alkanes) is 2. The van der Waals surface area contributed by atoms with Crippen LogP contribution in [-0.4, -0.2) is 31.1 Å². The van der Waals surface area contributed by atoms with E-state index in [1.165, 1.54) is 31.1 Å². The lowest BCUT2D eigenvalue weighted by molar-refractivity contribution is -0.147. The fraction of sp³-hybridized carbons (Fsp3) is 0.650. The first-order valence-corrected chi connectivity index (χ1v) is 9.00. The van der Waals surface area contributed by atoms with Gasteiger partial charge in [0.25, 0.3) is 0 Å². The summed E-state index contributed by atoms with van der Waals surface area (Å²) < 4.78 is 5.13. The monoisotopic (exact) mass is 319 g/mol. The largest absolute Gasteiger partial charge is 0.468 e. The number of carbonyl (C=O) groups is 1. The lowest BCUT2D eigenvalue weighted by atomic mass is 9.96. The van der Waals surface area contributed by atoms with Crippen molar-refractivity contribution in [1.29, 1.82) is 0 Å². The van der Waals surface area contributed by atoms with Crippen LogP contribution in [0.4, 0.5) is 0 Å². The molecule has 0 bridgehead atoms. The molecule has 0 saturated heterocycles. The minimum Gasteiger partial charge on any atom is -0.468 e. The minimum absolute atomic E-state index is 0.151. The number of methoxy groups -OCH3 is 1. The maximum atomic E-state index is 12.5. The normalized spacial score (nSPS) is 12.4. The lowest BCUT2D eigenvalue weighted by Crippen LogP contribution is -2.36. The maximum Gasteiger partial charge on any atom is 0.327 e. The summed E-state index contributed by atoms with van der Waals surface area (Å²) in [7, 11) is 1.49. The fourth-order valence-corrected chi connectivity index (χ4v) is 3.07. The van der Waals surface area contributed by atoms with E-state index in [1.807, 2.05) is 0 Å². The second-order valence-corrected chi connectivity index (χ2v) is 6.21. The van der Waals surface area contributed by atoms with E-state index in [2.05, 4.69) is 50.8 Å². The van der Waals surface area contributed by atoms with E-state index in [0.29, 0.717) is 0 Å². The van der Waals surface area contributed by atoms with E-state index in [4.69, 9.17) is 4.74 Å². The van der Waals surface area contributed by atoms with Gasteiger partial charge in [-0.2, -0.15) is 0 Å². The van der Waals surface area contributed by atoms with Crippen molar-refractivity contribution in [2.45, 2.75) is 65.8 Å². The average molecular weight is 319 g/mol. The second-order valence-electron chi connectivity index (χ2n) is 6.21. The molecule has 0 heterocycles. The SMILES string of the molecule is CCCCCN(CCC)C(C(=O)OC)c1ccc(CC)cc1C. The van der Waals surface area contributed by atoms with Gasteiger partial charge in [0.2, 0.25) is 0 Å². The molecule has 3 nitrogen and oxygen atoms in total. The molecule has 0 saturated carbocycles. The third-order valence-corrected chi connectivity index (χ3v) is 4.39. The number of hydrogen-bond acceptors (Lipinski definition) is 3. The van der Waals surface area contributed by atoms with Crippen molar-refractivity contribution in [3.05, 3.63) is 34.9 Å². The number of benzene rings is 1. The maximum absolute atomic E-state index is 12.5. The Bertz CT molecular complexity index is 485. The van der Waals surface area contributed by atoms with Gasteiger partial charge in [-0.25, -0.2) is 4.79 Å². The van der Waals surface area contributed by atoms with Crippen LogP contribution in [0.2, 0.25) is 0 Å². The first-order chi connectivity index (χ1) is 11.1. The summed E-state index contributed by atoms with van der Waals surface area (Å²) in [4.78, 5) is 14.8. The molecule has 1 aromatic rings. The molecule has 0 aliphatic heterocycles. The van der Waals surface area contributed by atoms with Gasteiger partial charge in [0, 0.05) is 0 Å². The van der Waals surface area contributed by atoms with Crippen molar-refractivity contribution in [3.8, 4) is 0 Å². The van der Waals surface area contributed by atoms with Gasteiger partial charge in [-0.1, -0.05) is 51.8 Å². The molecule has 1 aromatic carbocycles. The first-order valence-electron chi connectivity index (χ1n) is 9.00. The van der Waals surface area contributed by atoms with Gasteiger partial charge in [0.1, 0.15) is 6.04 Å². The standard InChI is InChI=1S/C20H33NO2/c1-6-9-10-14-21(13-7-2)19(20(22)23-5)18-12-11-17(8-3)15-16(18)4/h11-12,15,19H,6-10,13-14H2,1-5H3. The number of esters is 1. The highest BCUT2D eigenvalue weighted by molar-refractivity contribution is 5.78. The third kappa shape index (κ3) is 5.65. The Kier molecular flexibility index (Phi) is 8.93. The molecule has 0 fully saturated rings. The predicted molar refractivity (Wildman–Crippen MR) is 96.7 cm³/mol. The number of aryl methyl sites for hydroxylation is 2. The zero-order chi connectivity index (χ0) is 17.2. The average Bonchev–Trinajstić information content (AvgIpc) is 2.56. The van der Waals surface area contributed by atoms with E-state index in [0.717, 1.165) is 37.9 Å². The molecule has 1 rings (SSSR count). The van der Waals surface area contributed by atoms with Crippen molar-refractivity contribution in [3.63, 3.8) is 0 Å². The van der Waals surface area contributed by atoms with E-state index in [-0.39, 0.29) is 12.0 Å². The van der Waals surface area contributed by atoms with Crippen LogP contribution in [0.5, 0.6) is 0 Å². The van der Waals surface area contributed by atoms with E-state index in [9.17, 15) is 4.79 Å². The van der Waals surface area contributed by atoms with Gasteiger partial charge in [-0.05, 0) is 56.0 Å². The number of rotatable bonds is 10. The number of hydrogen-bond donors (Lipinski definition) is 0. The van der Waals surface area contributed by atoms with Crippen LogP contribution >= 0.6 is 0 Å². The van der Waals surface area contributed by atoms with Gasteiger partial charge in [-0.3, -0.25) is 4.90 Å². The molecule has 0 aliphatic carbocycles. The quantitative estimate of drug-likeness (QED) is 0.463. The van der Waals surface area contributed by atoms with E-state index < -0.39 is 0 Å². The summed E-state index contributed by atoms with van der Waals surface area (Å²) in [5.41, 5.74) is 3.57. The molecular formula is C20H33NO2. The summed E-state index contributed by atoms with van der Waals surface area (Å²) in [5, 5.41) is 0. The molecule has 1 atom stereocenters. The third-order valence-electron chi connectivity index (χ3n) is 4.39. The van der Waals surface area contributed by atoms with Crippen molar-refractivity contribution in [2.24, 2.45) is 0 Å². The molecule has 0 spiro atoms. The molecule has 1 unspecified atom stereocenters. The highest BCUT2D eigenvalue weighted by Crippen LogP contribution is 2.27. The number of ether oxygens (including phenoxy) is 1. The summed E-state index contributed by atoms with van der Waals surface area (Å²) in [5.74, 6) is -0.151. The van der Waals surface area contributed by atoms with Crippen LogP contribution in [0.25, 0.3) is 0 Å². The van der Waals surface area contributed by atoms with Crippen LogP contribution in [0, 0.1) is 6.92 Å². The molecule has 0 aromatic heterocycles. The van der Waals surface area contributed by atoms with Crippen LogP contribution in [0.1, 0.15) is 69.2 Å². The molecule has 0 radical (unpaired) electrons. The molecule has 0 aliphatic rings. The van der Waals surface area contributed by atoms with Gasteiger partial charge in [-0.15, -0.1) is 0 Å². The molecule has 3 heteroatoms. The Labute approximate surface area is 142 Å². The molecule has 130 valence electrons. The van der Waals surface area contributed by atoms with Gasteiger partial charge >= 0.3 is 5.97 Å². The van der Waals surface area contributed by atoms with Gasteiger partial charge in [0.15, 0.2) is 0 Å².